The SMILES string of the molecule is CN(c1cc(/C=C2\SC(=O)NC2=O)nc(N2CCC(C3CCN(c4cc(/C=C5\SC(=O)NC5=O)nc(N(C)C5CCCNC5)n4)CC3)CC2)n1)C1CCCNC1. The highest BCUT2D eigenvalue weighted by Crippen LogP contribution is 2.36. The summed E-state index contributed by atoms with van der Waals surface area (Å²) < 4.78 is 0. The summed E-state index contributed by atoms with van der Waals surface area (Å²) in [5, 5.41) is 10.9. The molecule has 4 amide bonds. The molecule has 2 aromatic heterocycles. The third-order valence-corrected chi connectivity index (χ3v) is 13.6. The molecule has 2 unspecified atom stereocenters. The number of carbonyl (C=O) groups excluding carboxylic acids is 4. The van der Waals surface area contributed by atoms with Gasteiger partial charge in [0.2, 0.25) is 11.9 Å². The van der Waals surface area contributed by atoms with Gasteiger partial charge in [-0.05, 0) is 112 Å². The van der Waals surface area contributed by atoms with Crippen LogP contribution in [0.4, 0.5) is 33.1 Å². The third kappa shape index (κ3) is 8.82. The first-order chi connectivity index (χ1) is 27.2. The van der Waals surface area contributed by atoms with Crippen molar-refractivity contribution < 1.29 is 19.2 Å². The van der Waals surface area contributed by atoms with Gasteiger partial charge in [-0.25, -0.2) is 9.97 Å². The highest BCUT2D eigenvalue weighted by molar-refractivity contribution is 8.18. The minimum Gasteiger partial charge on any atom is -0.356 e. The zero-order valence-electron chi connectivity index (χ0n) is 32.0. The quantitative estimate of drug-likeness (QED) is 0.271. The van der Waals surface area contributed by atoms with E-state index in [1.54, 1.807) is 12.2 Å². The first kappa shape index (κ1) is 38.6. The molecule has 0 radical (unpaired) electrons. The number of nitrogens with zero attached hydrogens (tertiary/aromatic N) is 8. The van der Waals surface area contributed by atoms with E-state index in [4.69, 9.17) is 19.9 Å². The van der Waals surface area contributed by atoms with Gasteiger partial charge in [0, 0.05) is 77.6 Å². The van der Waals surface area contributed by atoms with Gasteiger partial charge in [0.1, 0.15) is 11.6 Å². The van der Waals surface area contributed by atoms with Crippen molar-refractivity contribution >= 4 is 81.5 Å². The second-order valence-electron chi connectivity index (χ2n) is 15.5. The highest BCUT2D eigenvalue weighted by atomic mass is 32.2. The Morgan fingerprint density at radius 1 is 0.661 bits per heavy atom. The van der Waals surface area contributed by atoms with Crippen LogP contribution in [0.2, 0.25) is 0 Å². The first-order valence-corrected chi connectivity index (χ1v) is 21.4. The van der Waals surface area contributed by atoms with Crippen LogP contribution in [0.5, 0.6) is 0 Å². The minimum absolute atomic E-state index is 0.270. The summed E-state index contributed by atoms with van der Waals surface area (Å²) in [6.07, 6.45) is 11.9. The molecule has 0 aromatic carbocycles. The van der Waals surface area contributed by atoms with Gasteiger partial charge in [-0.1, -0.05) is 0 Å². The molecule has 6 fully saturated rings. The van der Waals surface area contributed by atoms with Crippen LogP contribution < -0.4 is 40.9 Å². The molecule has 18 heteroatoms. The van der Waals surface area contributed by atoms with Crippen LogP contribution >= 0.6 is 23.5 Å². The van der Waals surface area contributed by atoms with Crippen molar-refractivity contribution in [2.45, 2.75) is 63.5 Å². The molecule has 0 spiro atoms. The fourth-order valence-electron chi connectivity index (χ4n) is 8.63. The predicted octanol–water partition coefficient (Wildman–Crippen LogP) is 3.42. The van der Waals surface area contributed by atoms with Crippen molar-refractivity contribution in [1.82, 2.24) is 41.2 Å². The number of piperidine rings is 4. The van der Waals surface area contributed by atoms with E-state index >= 15 is 0 Å². The maximum Gasteiger partial charge on any atom is 0.290 e. The Morgan fingerprint density at radius 2 is 1.20 bits per heavy atom. The van der Waals surface area contributed by atoms with E-state index in [-0.39, 0.29) is 16.5 Å². The van der Waals surface area contributed by atoms with Crippen LogP contribution in [-0.2, 0) is 9.59 Å². The average Bonchev–Trinajstić information content (AvgIpc) is 3.73. The largest absolute Gasteiger partial charge is 0.356 e. The van der Waals surface area contributed by atoms with Crippen LogP contribution in [0, 0.1) is 11.8 Å². The van der Waals surface area contributed by atoms with Gasteiger partial charge in [0.05, 0.1) is 21.2 Å². The van der Waals surface area contributed by atoms with Crippen LogP contribution in [0.15, 0.2) is 21.9 Å². The van der Waals surface area contributed by atoms with Gasteiger partial charge in [0.15, 0.2) is 0 Å². The van der Waals surface area contributed by atoms with Crippen LogP contribution in [-0.4, -0.2) is 121 Å². The van der Waals surface area contributed by atoms with E-state index in [1.807, 2.05) is 19.2 Å². The summed E-state index contributed by atoms with van der Waals surface area (Å²) in [4.78, 5) is 78.1. The molecule has 0 bridgehead atoms. The summed E-state index contributed by atoms with van der Waals surface area (Å²) >= 11 is 1.80. The van der Waals surface area contributed by atoms with E-state index in [9.17, 15) is 19.2 Å². The fourth-order valence-corrected chi connectivity index (χ4v) is 9.96. The number of hydrogen-bond donors (Lipinski definition) is 4. The van der Waals surface area contributed by atoms with Crippen molar-refractivity contribution in [3.8, 4) is 0 Å². The van der Waals surface area contributed by atoms with Gasteiger partial charge in [-0.15, -0.1) is 0 Å². The smallest absolute Gasteiger partial charge is 0.290 e. The van der Waals surface area contributed by atoms with Crippen molar-refractivity contribution in [2.24, 2.45) is 11.8 Å². The topological polar surface area (TPSA) is 181 Å². The van der Waals surface area contributed by atoms with Gasteiger partial charge < -0.3 is 30.2 Å². The lowest BCUT2D eigenvalue weighted by molar-refractivity contribution is -0.116. The Kier molecular flexibility index (Phi) is 11.8. The molecule has 6 aliphatic heterocycles. The number of nitrogens with one attached hydrogen (secondary N) is 4. The van der Waals surface area contributed by atoms with E-state index in [0.717, 1.165) is 139 Å². The summed E-state index contributed by atoms with van der Waals surface area (Å²) in [6, 6.07) is 4.43. The number of aromatic nitrogens is 4. The number of imide groups is 2. The molecule has 6 saturated heterocycles. The molecule has 0 aliphatic carbocycles. The summed E-state index contributed by atoms with van der Waals surface area (Å²) in [5.41, 5.74) is 1.24. The van der Waals surface area contributed by atoms with Crippen molar-refractivity contribution in [3.05, 3.63) is 33.3 Å². The standard InChI is InChI=1S/C38H50N12O4S2/c1-47(27-5-3-11-39-21-27)31-19-25(17-29-33(51)45-37(53)55-29)42-36(43-31)50-15-9-24(10-16-50)23-7-13-49(14-8-23)32-20-26(18-30-34(52)46-38(54)56-30)41-35(44-32)48(2)28-6-4-12-40-22-28/h17-20,23-24,27-28,39-40H,3-16,21-22H2,1-2H3,(H,45,51,53)(H,46,52,54)/b29-17-,30-18-. The summed E-state index contributed by atoms with van der Waals surface area (Å²) in [6.45, 7) is 7.22. The molecule has 4 N–H and O–H groups in total. The second kappa shape index (κ2) is 17.1. The minimum atomic E-state index is -0.394. The number of amides is 4. The molecule has 56 heavy (non-hydrogen) atoms. The number of anilines is 4. The molecule has 2 atom stereocenters. The Bertz CT molecular complexity index is 1760. The third-order valence-electron chi connectivity index (χ3n) is 12.0. The van der Waals surface area contributed by atoms with Gasteiger partial charge in [-0.2, -0.15) is 9.97 Å². The summed E-state index contributed by atoms with van der Waals surface area (Å²) in [5.74, 6) is 3.32. The number of hydrogen-bond acceptors (Lipinski definition) is 16. The Morgan fingerprint density at radius 3 is 1.71 bits per heavy atom. The average molecular weight is 803 g/mol. The second-order valence-corrected chi connectivity index (χ2v) is 17.5. The van der Waals surface area contributed by atoms with E-state index in [2.05, 4.69) is 47.9 Å². The van der Waals surface area contributed by atoms with Gasteiger partial charge in [0.25, 0.3) is 22.3 Å². The van der Waals surface area contributed by atoms with E-state index in [1.165, 1.54) is 0 Å². The van der Waals surface area contributed by atoms with E-state index < -0.39 is 11.8 Å². The first-order valence-electron chi connectivity index (χ1n) is 19.8. The van der Waals surface area contributed by atoms with Crippen molar-refractivity contribution in [3.63, 3.8) is 0 Å². The number of thioether (sulfide) groups is 2. The van der Waals surface area contributed by atoms with E-state index in [0.29, 0.717) is 51.0 Å². The van der Waals surface area contributed by atoms with Crippen LogP contribution in [0.1, 0.15) is 62.8 Å². The fraction of sp³-hybridized carbons (Fsp3) is 0.579. The monoisotopic (exact) mass is 802 g/mol. The zero-order chi connectivity index (χ0) is 38.8. The Hall–Kier alpha value is -4.26. The lowest BCUT2D eigenvalue weighted by Crippen LogP contribution is -2.45. The Balaban J connectivity index is 0.941. The molecule has 16 nitrogen and oxygen atoms in total. The van der Waals surface area contributed by atoms with Crippen molar-refractivity contribution in [2.75, 3.05) is 86.1 Å². The molecular formula is C38H50N12O4S2. The lowest BCUT2D eigenvalue weighted by Gasteiger charge is -2.41. The molecule has 2 aromatic rings. The molecular weight excluding hydrogens is 753 g/mol. The molecule has 0 saturated carbocycles. The number of rotatable bonds is 9. The predicted molar refractivity (Wildman–Crippen MR) is 221 cm³/mol. The van der Waals surface area contributed by atoms with Crippen molar-refractivity contribution in [1.29, 1.82) is 0 Å². The molecule has 8 rings (SSSR count). The molecule has 8 heterocycles. The van der Waals surface area contributed by atoms with Gasteiger partial charge >= 0.3 is 0 Å². The molecule has 298 valence electrons. The highest BCUT2D eigenvalue weighted by Gasteiger charge is 2.33. The number of carbonyl (C=O) groups is 4. The Labute approximate surface area is 335 Å². The van der Waals surface area contributed by atoms with Crippen LogP contribution in [0.25, 0.3) is 12.2 Å². The normalized spacial score (nSPS) is 25.6. The zero-order valence-corrected chi connectivity index (χ0v) is 33.6. The van der Waals surface area contributed by atoms with Gasteiger partial charge in [-0.3, -0.25) is 29.8 Å². The maximum atomic E-state index is 12.4. The summed E-state index contributed by atoms with van der Waals surface area (Å²) in [7, 11) is 4.11. The van der Waals surface area contributed by atoms with Crippen LogP contribution in [0.3, 0.4) is 0 Å². The lowest BCUT2D eigenvalue weighted by atomic mass is 9.79. The maximum absolute atomic E-state index is 12.4. The number of likely N-dealkylation sites (N-methyl/N-ethyl adjacent to an activating group) is 2. The molecule has 6 aliphatic rings.